The van der Waals surface area contributed by atoms with Crippen LogP contribution in [0.5, 0.6) is 5.75 Å². The molecule has 3 N–H and O–H groups in total. The van der Waals surface area contributed by atoms with E-state index in [2.05, 4.69) is 32.1 Å². The van der Waals surface area contributed by atoms with Gasteiger partial charge in [0, 0.05) is 16.8 Å². The van der Waals surface area contributed by atoms with Crippen molar-refractivity contribution in [2.24, 2.45) is 0 Å². The fourth-order valence-electron chi connectivity index (χ4n) is 2.76. The summed E-state index contributed by atoms with van der Waals surface area (Å²) in [7, 11) is 1.58. The average molecular weight is 482 g/mol. The zero-order valence-electron chi connectivity index (χ0n) is 16.6. The number of halogens is 1. The van der Waals surface area contributed by atoms with Crippen molar-refractivity contribution in [1.82, 2.24) is 10.9 Å². The lowest BCUT2D eigenvalue weighted by atomic mass is 10.1. The van der Waals surface area contributed by atoms with Crippen molar-refractivity contribution < 1.29 is 19.1 Å². The molecule has 0 atom stereocenters. The van der Waals surface area contributed by atoms with E-state index in [1.165, 1.54) is 0 Å². The van der Waals surface area contributed by atoms with Gasteiger partial charge in [0.15, 0.2) is 0 Å². The van der Waals surface area contributed by atoms with Gasteiger partial charge in [-0.2, -0.15) is 0 Å². The van der Waals surface area contributed by atoms with Gasteiger partial charge in [-0.1, -0.05) is 24.3 Å². The highest BCUT2D eigenvalue weighted by Gasteiger charge is 2.10. The van der Waals surface area contributed by atoms with Gasteiger partial charge in [-0.15, -0.1) is 0 Å². The number of ether oxygens (including phenoxy) is 1. The van der Waals surface area contributed by atoms with Gasteiger partial charge < -0.3 is 10.1 Å². The molecule has 0 unspecified atom stereocenters. The monoisotopic (exact) mass is 481 g/mol. The highest BCUT2D eigenvalue weighted by molar-refractivity contribution is 9.10. The number of carbonyl (C=O) groups is 3. The predicted molar refractivity (Wildman–Crippen MR) is 121 cm³/mol. The van der Waals surface area contributed by atoms with Crippen LogP contribution >= 0.6 is 15.9 Å². The Kier molecular flexibility index (Phi) is 7.40. The molecule has 0 saturated carbocycles. The maximum Gasteiger partial charge on any atom is 0.269 e. The third-order valence-electron chi connectivity index (χ3n) is 4.34. The quantitative estimate of drug-likeness (QED) is 0.467. The molecule has 31 heavy (non-hydrogen) atoms. The SMILES string of the molecule is COc1ccc(CC(=O)Nc2ccc(C(=O)NNC(=O)c3ccccc3)cc2)cc1Br. The van der Waals surface area contributed by atoms with Crippen LogP contribution < -0.4 is 20.9 Å². The van der Waals surface area contributed by atoms with Crippen LogP contribution in [0.1, 0.15) is 26.3 Å². The Morgan fingerprint density at radius 2 is 1.45 bits per heavy atom. The summed E-state index contributed by atoms with van der Waals surface area (Å²) in [6, 6.07) is 20.3. The number of methoxy groups -OCH3 is 1. The zero-order chi connectivity index (χ0) is 22.2. The Morgan fingerprint density at radius 3 is 2.03 bits per heavy atom. The van der Waals surface area contributed by atoms with Gasteiger partial charge in [0.1, 0.15) is 5.75 Å². The van der Waals surface area contributed by atoms with Crippen LogP contribution in [0.4, 0.5) is 5.69 Å². The number of nitrogens with one attached hydrogen (secondary N) is 3. The first-order valence-electron chi connectivity index (χ1n) is 9.34. The number of hydrazine groups is 1. The van der Waals surface area contributed by atoms with Gasteiger partial charge in [-0.3, -0.25) is 25.2 Å². The molecule has 8 heteroatoms. The number of rotatable bonds is 6. The molecule has 3 amide bonds. The lowest BCUT2D eigenvalue weighted by Crippen LogP contribution is -2.41. The van der Waals surface area contributed by atoms with Crippen molar-refractivity contribution in [3.05, 3.63) is 94.0 Å². The van der Waals surface area contributed by atoms with E-state index in [0.29, 0.717) is 22.6 Å². The highest BCUT2D eigenvalue weighted by Crippen LogP contribution is 2.25. The molecule has 3 aromatic carbocycles. The molecule has 0 aliphatic rings. The average Bonchev–Trinajstić information content (AvgIpc) is 2.78. The van der Waals surface area contributed by atoms with E-state index in [1.54, 1.807) is 67.8 Å². The molecule has 3 aromatic rings. The minimum Gasteiger partial charge on any atom is -0.496 e. The van der Waals surface area contributed by atoms with Crippen molar-refractivity contribution >= 4 is 39.3 Å². The molecule has 0 fully saturated rings. The number of carbonyl (C=O) groups excluding carboxylic acids is 3. The normalized spacial score (nSPS) is 10.1. The van der Waals surface area contributed by atoms with Gasteiger partial charge in [-0.05, 0) is 70.0 Å². The topological polar surface area (TPSA) is 96.5 Å². The smallest absolute Gasteiger partial charge is 0.269 e. The van der Waals surface area contributed by atoms with Gasteiger partial charge in [0.25, 0.3) is 11.8 Å². The molecule has 0 bridgehead atoms. The molecule has 0 aromatic heterocycles. The molecule has 0 saturated heterocycles. The molecule has 0 heterocycles. The molecular weight excluding hydrogens is 462 g/mol. The van der Waals surface area contributed by atoms with Gasteiger partial charge in [0.2, 0.25) is 5.91 Å². The summed E-state index contributed by atoms with van der Waals surface area (Å²) in [5.74, 6) is -0.379. The van der Waals surface area contributed by atoms with Gasteiger partial charge in [0.05, 0.1) is 18.0 Å². The van der Waals surface area contributed by atoms with Gasteiger partial charge >= 0.3 is 0 Å². The molecule has 3 rings (SSSR count). The highest BCUT2D eigenvalue weighted by atomic mass is 79.9. The van der Waals surface area contributed by atoms with E-state index in [1.807, 2.05) is 12.1 Å². The number of anilines is 1. The maximum absolute atomic E-state index is 12.3. The third-order valence-corrected chi connectivity index (χ3v) is 4.96. The molecule has 158 valence electrons. The minimum absolute atomic E-state index is 0.190. The van der Waals surface area contributed by atoms with E-state index in [4.69, 9.17) is 4.74 Å². The van der Waals surface area contributed by atoms with Crippen molar-refractivity contribution in [2.75, 3.05) is 12.4 Å². The number of hydrogen-bond acceptors (Lipinski definition) is 4. The van der Waals surface area contributed by atoms with Crippen LogP contribution in [0.15, 0.2) is 77.3 Å². The van der Waals surface area contributed by atoms with Crippen LogP contribution in [0.2, 0.25) is 0 Å². The lowest BCUT2D eigenvalue weighted by molar-refractivity contribution is -0.115. The van der Waals surface area contributed by atoms with Crippen molar-refractivity contribution in [2.45, 2.75) is 6.42 Å². The van der Waals surface area contributed by atoms with Crippen molar-refractivity contribution in [1.29, 1.82) is 0 Å². The van der Waals surface area contributed by atoms with Crippen molar-refractivity contribution in [3.8, 4) is 5.75 Å². The number of hydrogen-bond donors (Lipinski definition) is 3. The number of amides is 3. The summed E-state index contributed by atoms with van der Waals surface area (Å²) in [6.45, 7) is 0. The van der Waals surface area contributed by atoms with Crippen molar-refractivity contribution in [3.63, 3.8) is 0 Å². The Bertz CT molecular complexity index is 1090. The molecule has 0 aliphatic heterocycles. The van der Waals surface area contributed by atoms with Crippen LogP contribution in [-0.2, 0) is 11.2 Å². The van der Waals surface area contributed by atoms with E-state index >= 15 is 0 Å². The second-order valence-corrected chi connectivity index (χ2v) is 7.40. The summed E-state index contributed by atoms with van der Waals surface area (Å²) in [5, 5.41) is 2.79. The lowest BCUT2D eigenvalue weighted by Gasteiger charge is -2.09. The second-order valence-electron chi connectivity index (χ2n) is 6.55. The van der Waals surface area contributed by atoms with Gasteiger partial charge in [-0.25, -0.2) is 0 Å². The third kappa shape index (κ3) is 6.16. The maximum atomic E-state index is 12.3. The van der Waals surface area contributed by atoms with Crippen LogP contribution in [0.3, 0.4) is 0 Å². The van der Waals surface area contributed by atoms with E-state index in [0.717, 1.165) is 10.0 Å². The summed E-state index contributed by atoms with van der Waals surface area (Å²) in [5.41, 5.74) is 6.89. The molecule has 0 radical (unpaired) electrons. The largest absolute Gasteiger partial charge is 0.496 e. The summed E-state index contributed by atoms with van der Waals surface area (Å²) in [4.78, 5) is 36.5. The standard InChI is InChI=1S/C23H20BrN3O4/c1-31-20-12-7-15(13-19(20)24)14-21(28)25-18-10-8-17(9-11-18)23(30)27-26-22(29)16-5-3-2-4-6-16/h2-13H,14H2,1H3,(H,25,28)(H,26,29)(H,27,30). The van der Waals surface area contributed by atoms with E-state index in [9.17, 15) is 14.4 Å². The fourth-order valence-corrected chi connectivity index (χ4v) is 3.35. The first-order chi connectivity index (χ1) is 15.0. The van der Waals surface area contributed by atoms with E-state index < -0.39 is 11.8 Å². The summed E-state index contributed by atoms with van der Waals surface area (Å²) >= 11 is 3.40. The molecule has 0 spiro atoms. The Labute approximate surface area is 187 Å². The van der Waals surface area contributed by atoms with Crippen LogP contribution in [0.25, 0.3) is 0 Å². The second kappa shape index (κ2) is 10.4. The van der Waals surface area contributed by atoms with E-state index in [-0.39, 0.29) is 12.3 Å². The predicted octanol–water partition coefficient (Wildman–Crippen LogP) is 3.71. The fraction of sp³-hybridized carbons (Fsp3) is 0.0870. The molecular formula is C23H20BrN3O4. The summed E-state index contributed by atoms with van der Waals surface area (Å²) < 4.78 is 5.95. The van der Waals surface area contributed by atoms with Crippen LogP contribution in [0, 0.1) is 0 Å². The number of benzene rings is 3. The first-order valence-corrected chi connectivity index (χ1v) is 10.1. The van der Waals surface area contributed by atoms with Crippen LogP contribution in [-0.4, -0.2) is 24.8 Å². The zero-order valence-corrected chi connectivity index (χ0v) is 18.2. The first kappa shape index (κ1) is 22.0. The molecule has 7 nitrogen and oxygen atoms in total. The Morgan fingerprint density at radius 1 is 0.839 bits per heavy atom. The minimum atomic E-state index is -0.467. The Hall–Kier alpha value is -3.65. The summed E-state index contributed by atoms with van der Waals surface area (Å²) in [6.07, 6.45) is 0.191. The molecule has 0 aliphatic carbocycles. The Balaban J connectivity index is 1.52.